The first-order valence-electron chi connectivity index (χ1n) is 3.15. The molecular weight excluding hydrogens is 309 g/mol. The minimum Gasteiger partial charge on any atom is -0.304 e. The van der Waals surface area contributed by atoms with Crippen LogP contribution in [0.4, 0.5) is 5.69 Å². The number of hydrogen-bond donors (Lipinski definition) is 1. The molecule has 1 unspecified atom stereocenters. The Hall–Kier alpha value is 0.190. The third-order valence-corrected chi connectivity index (χ3v) is 2.82. The van der Waals surface area contributed by atoms with Crippen LogP contribution in [0.5, 0.6) is 0 Å². The van der Waals surface area contributed by atoms with Crippen molar-refractivity contribution < 1.29 is 4.21 Å². The Kier molecular flexibility index (Phi) is 3.79. The van der Waals surface area contributed by atoms with Gasteiger partial charge in [0.2, 0.25) is 0 Å². The summed E-state index contributed by atoms with van der Waals surface area (Å²) in [7, 11) is -1.03. The number of nitrogens with one attached hydrogen (secondary N) is 1. The molecule has 1 rings (SSSR count). The zero-order valence-electron chi connectivity index (χ0n) is 6.30. The molecule has 1 aromatic carbocycles. The molecule has 0 spiro atoms. The van der Waals surface area contributed by atoms with Gasteiger partial charge < -0.3 is 4.72 Å². The fourth-order valence-corrected chi connectivity index (χ4v) is 2.40. The second-order valence-corrected chi connectivity index (χ2v) is 4.89. The largest absolute Gasteiger partial charge is 0.304 e. The van der Waals surface area contributed by atoms with Crippen LogP contribution in [-0.4, -0.2) is 10.5 Å². The quantitative estimate of drug-likeness (QED) is 0.835. The van der Waals surface area contributed by atoms with Crippen LogP contribution < -0.4 is 4.72 Å². The summed E-state index contributed by atoms with van der Waals surface area (Å²) in [4.78, 5) is 0. The second-order valence-electron chi connectivity index (χ2n) is 2.18. The maximum absolute atomic E-state index is 10.8. The molecule has 0 aliphatic heterocycles. The Balaban J connectivity index is 2.93. The highest BCUT2D eigenvalue weighted by atomic mass is 127. The van der Waals surface area contributed by atoms with E-state index in [0.29, 0.717) is 5.02 Å². The van der Waals surface area contributed by atoms with Gasteiger partial charge in [-0.2, -0.15) is 0 Å². The van der Waals surface area contributed by atoms with Crippen LogP contribution in [0.15, 0.2) is 18.2 Å². The summed E-state index contributed by atoms with van der Waals surface area (Å²) in [5.41, 5.74) is 0.848. The molecule has 1 aromatic rings. The molecule has 0 radical (unpaired) electrons. The summed E-state index contributed by atoms with van der Waals surface area (Å²) in [5, 5.41) is 0.687. The number of rotatable bonds is 2. The van der Waals surface area contributed by atoms with Crippen LogP contribution in [0.3, 0.4) is 0 Å². The number of halogens is 2. The molecule has 0 aromatic heterocycles. The second kappa shape index (κ2) is 4.43. The Bertz CT molecular complexity index is 318. The molecule has 1 N–H and O–H groups in total. The highest BCUT2D eigenvalue weighted by molar-refractivity contribution is 14.1. The fourth-order valence-electron chi connectivity index (χ4n) is 0.727. The van der Waals surface area contributed by atoms with Crippen LogP contribution >= 0.6 is 34.2 Å². The third-order valence-electron chi connectivity index (χ3n) is 1.18. The van der Waals surface area contributed by atoms with Gasteiger partial charge in [-0.25, -0.2) is 4.21 Å². The van der Waals surface area contributed by atoms with E-state index in [-0.39, 0.29) is 0 Å². The topological polar surface area (TPSA) is 29.1 Å². The van der Waals surface area contributed by atoms with E-state index in [1.54, 1.807) is 12.3 Å². The zero-order valence-corrected chi connectivity index (χ0v) is 10.0. The smallest absolute Gasteiger partial charge is 0.113 e. The normalized spacial score (nSPS) is 12.6. The van der Waals surface area contributed by atoms with Gasteiger partial charge >= 0.3 is 0 Å². The maximum atomic E-state index is 10.8. The van der Waals surface area contributed by atoms with Gasteiger partial charge in [0.1, 0.15) is 11.0 Å². The van der Waals surface area contributed by atoms with Crippen molar-refractivity contribution in [1.82, 2.24) is 0 Å². The predicted molar refractivity (Wildman–Crippen MR) is 61.9 cm³/mol. The number of anilines is 1. The van der Waals surface area contributed by atoms with Crippen molar-refractivity contribution in [2.24, 2.45) is 0 Å². The van der Waals surface area contributed by atoms with Gasteiger partial charge in [0, 0.05) is 14.8 Å². The minimum atomic E-state index is -1.03. The molecule has 0 heterocycles. The lowest BCUT2D eigenvalue weighted by Crippen LogP contribution is -2.02. The van der Waals surface area contributed by atoms with Crippen LogP contribution in [0.25, 0.3) is 0 Å². The molecule has 0 amide bonds. The van der Waals surface area contributed by atoms with Gasteiger partial charge in [0.25, 0.3) is 0 Å². The van der Waals surface area contributed by atoms with Crippen LogP contribution in [0.2, 0.25) is 5.02 Å². The average molecular weight is 316 g/mol. The average Bonchev–Trinajstić information content (AvgIpc) is 1.94. The highest BCUT2D eigenvalue weighted by Crippen LogP contribution is 2.22. The van der Waals surface area contributed by atoms with E-state index in [1.165, 1.54) is 0 Å². The summed E-state index contributed by atoms with van der Waals surface area (Å²) in [5.74, 6) is 0. The molecule has 12 heavy (non-hydrogen) atoms. The first kappa shape index (κ1) is 10.3. The van der Waals surface area contributed by atoms with Gasteiger partial charge in [0.15, 0.2) is 0 Å². The van der Waals surface area contributed by atoms with Crippen LogP contribution in [0, 0.1) is 3.57 Å². The first-order valence-corrected chi connectivity index (χ1v) is 6.16. The van der Waals surface area contributed by atoms with Gasteiger partial charge in [-0.15, -0.1) is 0 Å². The third kappa shape index (κ3) is 2.91. The maximum Gasteiger partial charge on any atom is 0.113 e. The molecule has 66 valence electrons. The molecule has 0 saturated carbocycles. The van der Waals surface area contributed by atoms with E-state index in [4.69, 9.17) is 11.6 Å². The molecule has 1 atom stereocenters. The van der Waals surface area contributed by atoms with Crippen molar-refractivity contribution in [3.05, 3.63) is 26.8 Å². The van der Waals surface area contributed by atoms with E-state index in [2.05, 4.69) is 27.3 Å². The van der Waals surface area contributed by atoms with Gasteiger partial charge in [-0.3, -0.25) is 0 Å². The summed E-state index contributed by atoms with van der Waals surface area (Å²) in [6, 6.07) is 5.39. The van der Waals surface area contributed by atoms with E-state index in [1.807, 2.05) is 12.1 Å². The fraction of sp³-hybridized carbons (Fsp3) is 0.143. The SMILES string of the molecule is CS(=O)Nc1ccc(Cl)cc1I. The predicted octanol–water partition coefficient (Wildman–Crippen LogP) is 2.65. The van der Waals surface area contributed by atoms with E-state index in [0.717, 1.165) is 9.26 Å². The van der Waals surface area contributed by atoms with Crippen molar-refractivity contribution in [3.8, 4) is 0 Å². The molecule has 2 nitrogen and oxygen atoms in total. The summed E-state index contributed by atoms with van der Waals surface area (Å²) < 4.78 is 14.6. The summed E-state index contributed by atoms with van der Waals surface area (Å²) >= 11 is 7.88. The van der Waals surface area contributed by atoms with Gasteiger partial charge in [0.05, 0.1) is 5.69 Å². The van der Waals surface area contributed by atoms with E-state index < -0.39 is 11.0 Å². The van der Waals surface area contributed by atoms with Crippen molar-refractivity contribution in [1.29, 1.82) is 0 Å². The van der Waals surface area contributed by atoms with Crippen molar-refractivity contribution in [2.45, 2.75) is 0 Å². The lowest BCUT2D eigenvalue weighted by atomic mass is 10.3. The lowest BCUT2D eigenvalue weighted by molar-refractivity contribution is 0.690. The Morgan fingerprint density at radius 2 is 2.25 bits per heavy atom. The Labute approximate surface area is 92.4 Å². The number of hydrogen-bond acceptors (Lipinski definition) is 1. The molecule has 0 aliphatic carbocycles. The van der Waals surface area contributed by atoms with Crippen molar-refractivity contribution in [2.75, 3.05) is 11.0 Å². The van der Waals surface area contributed by atoms with Crippen LogP contribution in [-0.2, 0) is 11.0 Å². The molecule has 0 bridgehead atoms. The van der Waals surface area contributed by atoms with Crippen molar-refractivity contribution >= 4 is 50.9 Å². The zero-order chi connectivity index (χ0) is 9.14. The van der Waals surface area contributed by atoms with Crippen molar-refractivity contribution in [3.63, 3.8) is 0 Å². The van der Waals surface area contributed by atoms with Gasteiger partial charge in [-0.1, -0.05) is 11.6 Å². The standard InChI is InChI=1S/C7H7ClINOS/c1-12(11)10-7-3-2-5(8)4-6(7)9/h2-4,10H,1H3. The minimum absolute atomic E-state index is 0.687. The first-order chi connectivity index (χ1) is 5.59. The molecule has 0 saturated heterocycles. The van der Waals surface area contributed by atoms with E-state index >= 15 is 0 Å². The molecule has 5 heteroatoms. The van der Waals surface area contributed by atoms with E-state index in [9.17, 15) is 4.21 Å². The summed E-state index contributed by atoms with van der Waals surface area (Å²) in [6.45, 7) is 0. The molecule has 0 fully saturated rings. The summed E-state index contributed by atoms with van der Waals surface area (Å²) in [6.07, 6.45) is 1.59. The lowest BCUT2D eigenvalue weighted by Gasteiger charge is -2.04. The number of benzene rings is 1. The molecular formula is C7H7ClINOS. The Morgan fingerprint density at radius 3 is 2.75 bits per heavy atom. The monoisotopic (exact) mass is 315 g/mol. The van der Waals surface area contributed by atoms with Crippen LogP contribution in [0.1, 0.15) is 0 Å². The van der Waals surface area contributed by atoms with Gasteiger partial charge in [-0.05, 0) is 40.8 Å². The molecule has 0 aliphatic rings. The highest BCUT2D eigenvalue weighted by Gasteiger charge is 2.00. The Morgan fingerprint density at radius 1 is 1.58 bits per heavy atom.